The second-order valence-corrected chi connectivity index (χ2v) is 13.4. The van der Waals surface area contributed by atoms with Gasteiger partial charge in [-0.05, 0) is 93.9 Å². The highest BCUT2D eigenvalue weighted by Gasteiger charge is 2.25. The fraction of sp³-hybridized carbons (Fsp3) is 0.0909. The van der Waals surface area contributed by atoms with Gasteiger partial charge < -0.3 is 9.80 Å². The number of hydrogen-bond donors (Lipinski definition) is 0. The smallest absolute Gasteiger partial charge is 0.125 e. The average Bonchev–Trinajstić information content (AvgIpc) is 3.09. The minimum atomic E-state index is -0.313. The van der Waals surface area contributed by atoms with Crippen LogP contribution in [-0.4, -0.2) is 0 Å². The maximum absolute atomic E-state index is 14.9. The van der Waals surface area contributed by atoms with Crippen molar-refractivity contribution in [1.82, 2.24) is 0 Å². The van der Waals surface area contributed by atoms with Crippen molar-refractivity contribution in [3.63, 3.8) is 0 Å². The van der Waals surface area contributed by atoms with E-state index in [2.05, 4.69) is 73.0 Å². The summed E-state index contributed by atoms with van der Waals surface area (Å²) >= 11 is 0. The maximum Gasteiger partial charge on any atom is 0.125 e. The summed E-state index contributed by atoms with van der Waals surface area (Å²) in [6.07, 6.45) is 0. The number of para-hydroxylation sites is 2. The van der Waals surface area contributed by atoms with Gasteiger partial charge in [0.1, 0.15) is 11.6 Å². The molecule has 0 aliphatic carbocycles. The van der Waals surface area contributed by atoms with E-state index in [4.69, 9.17) is 0 Å². The summed E-state index contributed by atoms with van der Waals surface area (Å²) < 4.78 is 29.9. The number of hydrogen-bond acceptors (Lipinski definition) is 2. The van der Waals surface area contributed by atoms with Gasteiger partial charge >= 0.3 is 0 Å². The van der Waals surface area contributed by atoms with E-state index in [0.717, 1.165) is 49.7 Å². The van der Waals surface area contributed by atoms with Gasteiger partial charge in [-0.1, -0.05) is 106 Å². The molecule has 0 saturated carbocycles. The van der Waals surface area contributed by atoms with Crippen molar-refractivity contribution < 1.29 is 8.78 Å². The summed E-state index contributed by atoms with van der Waals surface area (Å²) in [5, 5.41) is 6.67. The Bertz CT molecular complexity index is 2260. The largest absolute Gasteiger partial charge is 0.310 e. The molecule has 0 unspecified atom stereocenters. The van der Waals surface area contributed by atoms with E-state index >= 15 is 0 Å². The first-order chi connectivity index (χ1) is 23.3. The highest BCUT2D eigenvalue weighted by Crippen LogP contribution is 2.50. The predicted octanol–water partition coefficient (Wildman–Crippen LogP) is 13.1. The topological polar surface area (TPSA) is 6.48 Å². The molecule has 8 aromatic rings. The van der Waals surface area contributed by atoms with Crippen LogP contribution in [0, 0.1) is 11.6 Å². The van der Waals surface area contributed by atoms with E-state index in [1.54, 1.807) is 24.3 Å². The van der Waals surface area contributed by atoms with Gasteiger partial charge in [0.2, 0.25) is 0 Å². The molecule has 0 fully saturated rings. The molecule has 0 amide bonds. The first-order valence-electron chi connectivity index (χ1n) is 16.2. The second-order valence-electron chi connectivity index (χ2n) is 13.4. The fourth-order valence-corrected chi connectivity index (χ4v) is 6.92. The third-order valence-electron chi connectivity index (χ3n) is 9.18. The molecule has 0 bridgehead atoms. The lowest BCUT2D eigenvalue weighted by atomic mass is 9.83. The standard InChI is InChI=1S/C44H34F2N2/c1-44(2,3)31-24-29-20-22-38-40(47(34-14-6-4-7-15-34)36-18-10-12-32(45)26-36)28-41(39-23-21-30(25-31)42(29)43(38)39)48(35-16-8-5-9-17-35)37-19-11-13-33(46)27-37/h4-28H,1-3H3. The monoisotopic (exact) mass is 628 g/mol. The van der Waals surface area contributed by atoms with Crippen LogP contribution in [0.5, 0.6) is 0 Å². The first-order valence-corrected chi connectivity index (χ1v) is 16.2. The van der Waals surface area contributed by atoms with E-state index in [9.17, 15) is 8.78 Å². The lowest BCUT2D eigenvalue weighted by Crippen LogP contribution is -2.15. The zero-order chi connectivity index (χ0) is 33.0. The quantitative estimate of drug-likeness (QED) is 0.169. The predicted molar refractivity (Wildman–Crippen MR) is 198 cm³/mol. The molecule has 0 aliphatic heterocycles. The van der Waals surface area contributed by atoms with Gasteiger partial charge in [0, 0.05) is 38.9 Å². The Morgan fingerprint density at radius 2 is 0.854 bits per heavy atom. The Balaban J connectivity index is 1.54. The normalized spacial score (nSPS) is 11.9. The molecule has 0 radical (unpaired) electrons. The Morgan fingerprint density at radius 1 is 0.417 bits per heavy atom. The Morgan fingerprint density at radius 3 is 1.27 bits per heavy atom. The third-order valence-corrected chi connectivity index (χ3v) is 9.18. The van der Waals surface area contributed by atoms with Gasteiger partial charge in [-0.3, -0.25) is 0 Å². The van der Waals surface area contributed by atoms with Crippen LogP contribution in [0.4, 0.5) is 42.9 Å². The van der Waals surface area contributed by atoms with Crippen LogP contribution in [0.2, 0.25) is 0 Å². The Hall–Kier alpha value is -5.74. The lowest BCUT2D eigenvalue weighted by molar-refractivity contribution is 0.591. The third kappa shape index (κ3) is 5.10. The zero-order valence-electron chi connectivity index (χ0n) is 27.1. The number of nitrogens with zero attached hydrogens (tertiary/aromatic N) is 2. The Kier molecular flexibility index (Phi) is 7.10. The molecular formula is C44H34F2N2. The summed E-state index contributed by atoms with van der Waals surface area (Å²) in [7, 11) is 0. The van der Waals surface area contributed by atoms with Crippen molar-refractivity contribution in [2.24, 2.45) is 0 Å². The first kappa shape index (κ1) is 29.6. The van der Waals surface area contributed by atoms with E-state index in [1.807, 2.05) is 72.8 Å². The molecule has 0 atom stereocenters. The molecule has 4 heteroatoms. The lowest BCUT2D eigenvalue weighted by Gasteiger charge is -2.32. The van der Waals surface area contributed by atoms with Crippen LogP contribution in [0.25, 0.3) is 32.3 Å². The van der Waals surface area contributed by atoms with Crippen molar-refractivity contribution in [2.45, 2.75) is 26.2 Å². The molecule has 8 rings (SSSR count). The van der Waals surface area contributed by atoms with Crippen LogP contribution in [0.1, 0.15) is 26.3 Å². The average molecular weight is 629 g/mol. The SMILES string of the molecule is CC(C)(C)c1cc2ccc3c(N(c4ccccc4)c4cccc(F)c4)cc(N(c4ccccc4)c4cccc(F)c4)c4ccc(c1)c2c34. The highest BCUT2D eigenvalue weighted by molar-refractivity contribution is 6.29. The zero-order valence-corrected chi connectivity index (χ0v) is 27.1. The van der Waals surface area contributed by atoms with Crippen LogP contribution in [0.3, 0.4) is 0 Å². The summed E-state index contributed by atoms with van der Waals surface area (Å²) in [4.78, 5) is 4.24. The molecule has 2 nitrogen and oxygen atoms in total. The second kappa shape index (κ2) is 11.5. The van der Waals surface area contributed by atoms with E-state index in [0.29, 0.717) is 11.4 Å². The van der Waals surface area contributed by atoms with E-state index < -0.39 is 0 Å². The van der Waals surface area contributed by atoms with Crippen LogP contribution < -0.4 is 9.80 Å². The summed E-state index contributed by atoms with van der Waals surface area (Å²) in [6, 6.07) is 49.1. The Labute approximate surface area is 279 Å². The maximum atomic E-state index is 14.9. The van der Waals surface area contributed by atoms with Gasteiger partial charge in [0.15, 0.2) is 0 Å². The van der Waals surface area contributed by atoms with Gasteiger partial charge in [-0.2, -0.15) is 0 Å². The number of benzene rings is 8. The van der Waals surface area contributed by atoms with Gasteiger partial charge in [0.05, 0.1) is 11.4 Å². The molecule has 8 aromatic carbocycles. The molecule has 0 aliphatic rings. The minimum absolute atomic E-state index is 0.0241. The number of anilines is 6. The molecular weight excluding hydrogens is 594 g/mol. The van der Waals surface area contributed by atoms with Crippen molar-refractivity contribution in [2.75, 3.05) is 9.80 Å². The molecule has 0 spiro atoms. The summed E-state index contributed by atoms with van der Waals surface area (Å²) in [5.74, 6) is -0.626. The van der Waals surface area contributed by atoms with Crippen molar-refractivity contribution in [3.8, 4) is 0 Å². The highest BCUT2D eigenvalue weighted by atomic mass is 19.1. The van der Waals surface area contributed by atoms with Gasteiger partial charge in [0.25, 0.3) is 0 Å². The van der Waals surface area contributed by atoms with Crippen molar-refractivity contribution in [3.05, 3.63) is 169 Å². The molecule has 0 N–H and O–H groups in total. The van der Waals surface area contributed by atoms with Crippen LogP contribution >= 0.6 is 0 Å². The molecule has 48 heavy (non-hydrogen) atoms. The molecule has 0 aromatic heterocycles. The van der Waals surface area contributed by atoms with Gasteiger partial charge in [-0.15, -0.1) is 0 Å². The van der Waals surface area contributed by atoms with Crippen LogP contribution in [0.15, 0.2) is 152 Å². The summed E-state index contributed by atoms with van der Waals surface area (Å²) in [5.41, 5.74) is 6.23. The van der Waals surface area contributed by atoms with Gasteiger partial charge in [-0.25, -0.2) is 8.78 Å². The number of halogens is 2. The molecule has 0 saturated heterocycles. The van der Waals surface area contributed by atoms with E-state index in [1.165, 1.54) is 23.1 Å². The van der Waals surface area contributed by atoms with Crippen molar-refractivity contribution >= 4 is 66.4 Å². The van der Waals surface area contributed by atoms with Crippen molar-refractivity contribution in [1.29, 1.82) is 0 Å². The minimum Gasteiger partial charge on any atom is -0.310 e. The summed E-state index contributed by atoms with van der Waals surface area (Å²) in [6.45, 7) is 6.72. The van der Waals surface area contributed by atoms with E-state index in [-0.39, 0.29) is 17.0 Å². The molecule has 234 valence electrons. The van der Waals surface area contributed by atoms with Crippen LogP contribution in [-0.2, 0) is 5.41 Å². The number of rotatable bonds is 6. The fourth-order valence-electron chi connectivity index (χ4n) is 6.92. The molecule has 0 heterocycles.